The number of allylic oxidation sites excluding steroid dienone is 2. The van der Waals surface area contributed by atoms with E-state index in [1.807, 2.05) is 31.2 Å². The summed E-state index contributed by atoms with van der Waals surface area (Å²) in [6.45, 7) is 10.9. The number of dihydropyridines is 1. The number of fused-ring (bicyclic) bond motifs is 1. The van der Waals surface area contributed by atoms with Gasteiger partial charge in [-0.1, -0.05) is 38.8 Å². The fourth-order valence-corrected chi connectivity index (χ4v) is 4.51. The number of benzene rings is 1. The molecule has 7 heteroatoms. The number of esters is 2. The highest BCUT2D eigenvalue weighted by molar-refractivity contribution is 6.00. The Morgan fingerprint density at radius 1 is 0.909 bits per heavy atom. The maximum Gasteiger partial charge on any atom is 0.336 e. The number of hydrogen-bond acceptors (Lipinski definition) is 6. The first-order valence-electron chi connectivity index (χ1n) is 12.0. The lowest BCUT2D eigenvalue weighted by Gasteiger charge is -2.32. The van der Waals surface area contributed by atoms with Crippen LogP contribution in [0.15, 0.2) is 46.8 Å². The van der Waals surface area contributed by atoms with Gasteiger partial charge >= 0.3 is 11.9 Å². The Morgan fingerprint density at radius 2 is 1.45 bits per heavy atom. The van der Waals surface area contributed by atoms with Gasteiger partial charge in [-0.25, -0.2) is 14.6 Å². The number of imidazole rings is 1. The maximum atomic E-state index is 13.3. The van der Waals surface area contributed by atoms with Crippen LogP contribution in [-0.2, 0) is 25.6 Å². The molecule has 33 heavy (non-hydrogen) atoms. The molecule has 7 nitrogen and oxygen atoms in total. The van der Waals surface area contributed by atoms with Crippen LogP contribution in [0.25, 0.3) is 11.0 Å². The van der Waals surface area contributed by atoms with Crippen LogP contribution in [0.2, 0.25) is 0 Å². The summed E-state index contributed by atoms with van der Waals surface area (Å²) >= 11 is 0. The van der Waals surface area contributed by atoms with Gasteiger partial charge in [-0.15, -0.1) is 0 Å². The third kappa shape index (κ3) is 4.82. The molecule has 0 bridgehead atoms. The van der Waals surface area contributed by atoms with E-state index in [0.29, 0.717) is 36.4 Å². The molecule has 0 saturated heterocycles. The first-order valence-corrected chi connectivity index (χ1v) is 12.0. The second kappa shape index (κ2) is 11.2. The number of nitrogens with zero attached hydrogens (tertiary/aromatic N) is 2. The number of para-hydroxylation sites is 2. The number of nitrogens with one attached hydrogen (secondary N) is 1. The Balaban J connectivity index is 2.36. The van der Waals surface area contributed by atoms with E-state index in [2.05, 4.69) is 23.7 Å². The molecular formula is C26H35N3O4. The quantitative estimate of drug-likeness (QED) is 0.511. The molecule has 0 radical (unpaired) electrons. The lowest BCUT2D eigenvalue weighted by atomic mass is 9.82. The van der Waals surface area contributed by atoms with Gasteiger partial charge in [-0.3, -0.25) is 0 Å². The Hall–Kier alpha value is -3.09. The summed E-state index contributed by atoms with van der Waals surface area (Å²) < 4.78 is 13.1. The van der Waals surface area contributed by atoms with Crippen molar-refractivity contribution in [1.29, 1.82) is 0 Å². The van der Waals surface area contributed by atoms with Gasteiger partial charge in [0.1, 0.15) is 5.82 Å². The number of aryl methyl sites for hydroxylation is 1. The second-order valence-corrected chi connectivity index (χ2v) is 7.99. The van der Waals surface area contributed by atoms with Crippen LogP contribution in [0.1, 0.15) is 72.0 Å². The number of aromatic nitrogens is 2. The van der Waals surface area contributed by atoms with E-state index in [1.54, 1.807) is 13.8 Å². The Morgan fingerprint density at radius 3 is 1.94 bits per heavy atom. The van der Waals surface area contributed by atoms with Gasteiger partial charge in [0.25, 0.3) is 0 Å². The number of ether oxygens (including phenoxy) is 2. The van der Waals surface area contributed by atoms with E-state index in [1.165, 1.54) is 0 Å². The van der Waals surface area contributed by atoms with E-state index in [4.69, 9.17) is 14.5 Å². The molecule has 0 aliphatic carbocycles. The lowest BCUT2D eigenvalue weighted by molar-refractivity contribution is -0.139. The van der Waals surface area contributed by atoms with Gasteiger partial charge in [0.05, 0.1) is 41.3 Å². The molecule has 0 fully saturated rings. The van der Waals surface area contributed by atoms with Crippen molar-refractivity contribution >= 4 is 23.0 Å². The van der Waals surface area contributed by atoms with Gasteiger partial charge in [0, 0.05) is 17.9 Å². The minimum Gasteiger partial charge on any atom is -0.463 e. The van der Waals surface area contributed by atoms with Crippen LogP contribution in [-0.4, -0.2) is 34.7 Å². The van der Waals surface area contributed by atoms with Crippen molar-refractivity contribution in [1.82, 2.24) is 14.9 Å². The minimum absolute atomic E-state index is 0.249. The Kier molecular flexibility index (Phi) is 8.31. The van der Waals surface area contributed by atoms with Crippen molar-refractivity contribution in [2.75, 3.05) is 13.2 Å². The average molecular weight is 454 g/mol. The van der Waals surface area contributed by atoms with Crippen LogP contribution in [0, 0.1) is 0 Å². The standard InChI is InChI=1S/C26H35N3O4/c1-6-13-18-21(25(30)32-9-4)23(22(26(31)33-10-5)19(27-18)14-7-2)24-28-17-15-11-12-16-20(17)29(24)8-3/h11-12,15-16,23,27H,6-10,13-14H2,1-5H3. The maximum absolute atomic E-state index is 13.3. The predicted molar refractivity (Wildman–Crippen MR) is 128 cm³/mol. The van der Waals surface area contributed by atoms with Crippen molar-refractivity contribution in [2.45, 2.75) is 72.8 Å². The first-order chi connectivity index (χ1) is 16.0. The van der Waals surface area contributed by atoms with Crippen LogP contribution >= 0.6 is 0 Å². The summed E-state index contributed by atoms with van der Waals surface area (Å²) in [6, 6.07) is 7.87. The Labute approximate surface area is 195 Å². The Bertz CT molecular complexity index is 1040. The molecule has 0 atom stereocenters. The number of carbonyl (C=O) groups is 2. The average Bonchev–Trinajstić information content (AvgIpc) is 3.17. The van der Waals surface area contributed by atoms with Crippen molar-refractivity contribution in [2.24, 2.45) is 0 Å². The van der Waals surface area contributed by atoms with Crippen LogP contribution < -0.4 is 5.32 Å². The van der Waals surface area contributed by atoms with E-state index in [9.17, 15) is 9.59 Å². The fraction of sp³-hybridized carbons (Fsp3) is 0.500. The molecule has 1 aliphatic rings. The van der Waals surface area contributed by atoms with Gasteiger partial charge in [-0.05, 0) is 45.7 Å². The molecule has 1 aromatic carbocycles. The molecule has 2 heterocycles. The molecule has 0 saturated carbocycles. The molecule has 1 aliphatic heterocycles. The SMILES string of the molecule is CCCC1=C(C(=O)OCC)C(c2nc3ccccc3n2CC)C(C(=O)OCC)=C(CCC)N1. The number of carbonyl (C=O) groups excluding carboxylic acids is 2. The smallest absolute Gasteiger partial charge is 0.336 e. The van der Waals surface area contributed by atoms with Gasteiger partial charge in [-0.2, -0.15) is 0 Å². The second-order valence-electron chi connectivity index (χ2n) is 7.99. The third-order valence-corrected chi connectivity index (χ3v) is 5.78. The van der Waals surface area contributed by atoms with Crippen molar-refractivity contribution in [3.05, 3.63) is 52.6 Å². The molecule has 2 aromatic rings. The zero-order valence-electron chi connectivity index (χ0n) is 20.4. The summed E-state index contributed by atoms with van der Waals surface area (Å²) in [7, 11) is 0. The predicted octanol–water partition coefficient (Wildman–Crippen LogP) is 4.98. The summed E-state index contributed by atoms with van der Waals surface area (Å²) in [5, 5.41) is 3.43. The van der Waals surface area contributed by atoms with Crippen molar-refractivity contribution in [3.8, 4) is 0 Å². The molecule has 0 amide bonds. The van der Waals surface area contributed by atoms with E-state index >= 15 is 0 Å². The van der Waals surface area contributed by atoms with E-state index in [-0.39, 0.29) is 13.2 Å². The highest BCUT2D eigenvalue weighted by Gasteiger charge is 2.42. The van der Waals surface area contributed by atoms with Crippen LogP contribution in [0.3, 0.4) is 0 Å². The van der Waals surface area contributed by atoms with Crippen molar-refractivity contribution < 1.29 is 19.1 Å². The molecule has 178 valence electrons. The van der Waals surface area contributed by atoms with E-state index < -0.39 is 17.9 Å². The molecule has 3 rings (SSSR count). The normalized spacial score (nSPS) is 14.6. The molecule has 1 aromatic heterocycles. The summed E-state index contributed by atoms with van der Waals surface area (Å²) in [6.07, 6.45) is 3.02. The topological polar surface area (TPSA) is 82.5 Å². The highest BCUT2D eigenvalue weighted by Crippen LogP contribution is 2.41. The number of rotatable bonds is 10. The molecule has 0 unspecified atom stereocenters. The third-order valence-electron chi connectivity index (χ3n) is 5.78. The highest BCUT2D eigenvalue weighted by atomic mass is 16.5. The zero-order chi connectivity index (χ0) is 24.0. The monoisotopic (exact) mass is 453 g/mol. The van der Waals surface area contributed by atoms with Gasteiger partial charge in [0.15, 0.2) is 0 Å². The van der Waals surface area contributed by atoms with Gasteiger partial charge < -0.3 is 19.4 Å². The first kappa shape index (κ1) is 24.6. The van der Waals surface area contributed by atoms with Gasteiger partial charge in [0.2, 0.25) is 0 Å². The van der Waals surface area contributed by atoms with E-state index in [0.717, 1.165) is 35.3 Å². The minimum atomic E-state index is -0.667. The largest absolute Gasteiger partial charge is 0.463 e. The van der Waals surface area contributed by atoms with Crippen LogP contribution in [0.4, 0.5) is 0 Å². The molecule has 1 N–H and O–H groups in total. The van der Waals surface area contributed by atoms with Crippen LogP contribution in [0.5, 0.6) is 0 Å². The molecule has 0 spiro atoms. The van der Waals surface area contributed by atoms with Crippen molar-refractivity contribution in [3.63, 3.8) is 0 Å². The fourth-order valence-electron chi connectivity index (χ4n) is 4.51. The lowest BCUT2D eigenvalue weighted by Crippen LogP contribution is -2.35. The summed E-state index contributed by atoms with van der Waals surface area (Å²) in [4.78, 5) is 31.6. The molecular weight excluding hydrogens is 418 g/mol. The summed E-state index contributed by atoms with van der Waals surface area (Å²) in [5.41, 5.74) is 4.29. The number of hydrogen-bond donors (Lipinski definition) is 1. The summed E-state index contributed by atoms with van der Waals surface area (Å²) in [5.74, 6) is -0.857. The zero-order valence-corrected chi connectivity index (χ0v) is 20.4.